The standard InChI is InChI=1S/C19H21NO.ClH/c1-2-5-17(6-3-1)15-21-19-10-8-16(9-11-19)13-18-7-4-12-20-14-18;/h1-3,5-6,8-11,13,20H,4,7,12,14-15H2;1H/b18-13-;. The first-order valence-electron chi connectivity index (χ1n) is 7.57. The summed E-state index contributed by atoms with van der Waals surface area (Å²) < 4.78 is 5.80. The van der Waals surface area contributed by atoms with Crippen molar-refractivity contribution in [3.63, 3.8) is 0 Å². The van der Waals surface area contributed by atoms with Gasteiger partial charge in [0.1, 0.15) is 12.4 Å². The van der Waals surface area contributed by atoms with E-state index in [4.69, 9.17) is 4.74 Å². The van der Waals surface area contributed by atoms with Crippen LogP contribution in [0.15, 0.2) is 60.2 Å². The molecule has 2 aromatic carbocycles. The Bertz CT molecular complexity index is 585. The maximum atomic E-state index is 5.80. The summed E-state index contributed by atoms with van der Waals surface area (Å²) in [7, 11) is 0. The average molecular weight is 316 g/mol. The van der Waals surface area contributed by atoms with Crippen LogP contribution >= 0.6 is 12.4 Å². The monoisotopic (exact) mass is 315 g/mol. The van der Waals surface area contributed by atoms with Gasteiger partial charge < -0.3 is 10.1 Å². The van der Waals surface area contributed by atoms with Gasteiger partial charge in [-0.2, -0.15) is 0 Å². The second-order valence-corrected chi connectivity index (χ2v) is 5.43. The maximum absolute atomic E-state index is 5.80. The molecule has 116 valence electrons. The van der Waals surface area contributed by atoms with Crippen LogP contribution in [-0.2, 0) is 6.61 Å². The molecule has 2 aromatic rings. The predicted octanol–water partition coefficient (Wildman–Crippen LogP) is 4.45. The lowest BCUT2D eigenvalue weighted by Crippen LogP contribution is -2.23. The molecule has 0 saturated carbocycles. The van der Waals surface area contributed by atoms with Gasteiger partial charge in [-0.15, -0.1) is 12.4 Å². The summed E-state index contributed by atoms with van der Waals surface area (Å²) in [5.41, 5.74) is 3.93. The van der Waals surface area contributed by atoms with Crippen LogP contribution in [0, 0.1) is 0 Å². The molecule has 2 nitrogen and oxygen atoms in total. The van der Waals surface area contributed by atoms with Gasteiger partial charge in [0.25, 0.3) is 0 Å². The molecule has 0 bridgehead atoms. The molecule has 0 unspecified atom stereocenters. The minimum absolute atomic E-state index is 0. The van der Waals surface area contributed by atoms with Crippen molar-refractivity contribution in [2.24, 2.45) is 0 Å². The summed E-state index contributed by atoms with van der Waals surface area (Å²) in [6, 6.07) is 18.6. The summed E-state index contributed by atoms with van der Waals surface area (Å²) in [5.74, 6) is 0.919. The van der Waals surface area contributed by atoms with E-state index in [1.165, 1.54) is 29.5 Å². The fourth-order valence-corrected chi connectivity index (χ4v) is 2.54. The third kappa shape index (κ3) is 4.90. The van der Waals surface area contributed by atoms with Gasteiger partial charge in [-0.1, -0.05) is 54.1 Å². The van der Waals surface area contributed by atoms with Gasteiger partial charge in [-0.25, -0.2) is 0 Å². The zero-order chi connectivity index (χ0) is 14.3. The normalized spacial score (nSPS) is 16.1. The average Bonchev–Trinajstić information content (AvgIpc) is 2.56. The number of hydrogen-bond donors (Lipinski definition) is 1. The van der Waals surface area contributed by atoms with Crippen molar-refractivity contribution in [1.82, 2.24) is 5.32 Å². The molecule has 22 heavy (non-hydrogen) atoms. The van der Waals surface area contributed by atoms with E-state index in [-0.39, 0.29) is 12.4 Å². The smallest absolute Gasteiger partial charge is 0.119 e. The Balaban J connectivity index is 0.00000176. The molecule has 0 amide bonds. The summed E-state index contributed by atoms with van der Waals surface area (Å²) in [6.45, 7) is 2.78. The van der Waals surface area contributed by atoms with Gasteiger partial charge in [0, 0.05) is 6.54 Å². The number of hydrogen-bond acceptors (Lipinski definition) is 2. The lowest BCUT2D eigenvalue weighted by Gasteiger charge is -2.15. The molecule has 1 saturated heterocycles. The van der Waals surface area contributed by atoms with Crippen molar-refractivity contribution in [2.75, 3.05) is 13.1 Å². The highest BCUT2D eigenvalue weighted by Crippen LogP contribution is 2.18. The Hall–Kier alpha value is -1.77. The van der Waals surface area contributed by atoms with Crippen molar-refractivity contribution in [2.45, 2.75) is 19.4 Å². The molecule has 1 aliphatic rings. The molecule has 1 fully saturated rings. The van der Waals surface area contributed by atoms with E-state index in [1.54, 1.807) is 0 Å². The van der Waals surface area contributed by atoms with Crippen molar-refractivity contribution in [3.8, 4) is 5.75 Å². The van der Waals surface area contributed by atoms with Crippen LogP contribution in [0.5, 0.6) is 5.75 Å². The Labute approximate surface area is 138 Å². The first kappa shape index (κ1) is 16.6. The number of piperidine rings is 1. The van der Waals surface area contributed by atoms with Crippen molar-refractivity contribution >= 4 is 18.5 Å². The Morgan fingerprint density at radius 1 is 1.00 bits per heavy atom. The SMILES string of the molecule is C(=C1\CCCNC1)/c1ccc(OCc2ccccc2)cc1.Cl. The van der Waals surface area contributed by atoms with E-state index in [1.807, 2.05) is 30.3 Å². The number of benzene rings is 2. The molecule has 3 heteroatoms. The molecule has 0 aliphatic carbocycles. The quantitative estimate of drug-likeness (QED) is 0.899. The molecular formula is C19H22ClNO. The molecule has 1 N–H and O–H groups in total. The Morgan fingerprint density at radius 2 is 1.77 bits per heavy atom. The zero-order valence-electron chi connectivity index (χ0n) is 12.6. The van der Waals surface area contributed by atoms with Gasteiger partial charge in [-0.3, -0.25) is 0 Å². The van der Waals surface area contributed by atoms with Crippen molar-refractivity contribution in [1.29, 1.82) is 0 Å². The topological polar surface area (TPSA) is 21.3 Å². The molecule has 0 radical (unpaired) electrons. The Kier molecular flexibility index (Phi) is 6.50. The van der Waals surface area contributed by atoms with Gasteiger partial charge in [-0.05, 0) is 42.6 Å². The summed E-state index contributed by atoms with van der Waals surface area (Å²) in [4.78, 5) is 0. The van der Waals surface area contributed by atoms with Crippen molar-refractivity contribution < 1.29 is 4.74 Å². The van der Waals surface area contributed by atoms with Crippen LogP contribution in [0.25, 0.3) is 6.08 Å². The first-order valence-corrected chi connectivity index (χ1v) is 7.57. The molecule has 0 spiro atoms. The number of halogens is 1. The number of rotatable bonds is 4. The minimum Gasteiger partial charge on any atom is -0.489 e. The highest BCUT2D eigenvalue weighted by Gasteiger charge is 2.04. The molecule has 1 heterocycles. The van der Waals surface area contributed by atoms with Gasteiger partial charge in [0.15, 0.2) is 0 Å². The minimum atomic E-state index is 0. The van der Waals surface area contributed by atoms with Crippen molar-refractivity contribution in [3.05, 3.63) is 71.3 Å². The first-order chi connectivity index (χ1) is 10.4. The molecule has 3 rings (SSSR count). The molecule has 0 aromatic heterocycles. The van der Waals surface area contributed by atoms with Crippen LogP contribution in [0.1, 0.15) is 24.0 Å². The lowest BCUT2D eigenvalue weighted by atomic mass is 10.0. The Morgan fingerprint density at radius 3 is 2.45 bits per heavy atom. The lowest BCUT2D eigenvalue weighted by molar-refractivity contribution is 0.306. The largest absolute Gasteiger partial charge is 0.489 e. The van der Waals surface area contributed by atoms with Crippen LogP contribution in [0.4, 0.5) is 0 Å². The summed E-state index contributed by atoms with van der Waals surface area (Å²) in [5, 5.41) is 3.41. The van der Waals surface area contributed by atoms with Crippen LogP contribution in [-0.4, -0.2) is 13.1 Å². The highest BCUT2D eigenvalue weighted by molar-refractivity contribution is 5.85. The zero-order valence-corrected chi connectivity index (χ0v) is 13.4. The van der Waals surface area contributed by atoms with Gasteiger partial charge >= 0.3 is 0 Å². The third-order valence-corrected chi connectivity index (χ3v) is 3.70. The van der Waals surface area contributed by atoms with E-state index in [0.29, 0.717) is 6.61 Å². The summed E-state index contributed by atoms with van der Waals surface area (Å²) in [6.07, 6.45) is 4.73. The molecule has 0 atom stereocenters. The third-order valence-electron chi connectivity index (χ3n) is 3.70. The van der Waals surface area contributed by atoms with Crippen LogP contribution in [0.2, 0.25) is 0 Å². The predicted molar refractivity (Wildman–Crippen MR) is 94.5 cm³/mol. The van der Waals surface area contributed by atoms with Crippen LogP contribution < -0.4 is 10.1 Å². The fraction of sp³-hybridized carbons (Fsp3) is 0.263. The van der Waals surface area contributed by atoms with E-state index in [2.05, 4.69) is 35.7 Å². The molecule has 1 aliphatic heterocycles. The van der Waals surface area contributed by atoms with E-state index in [0.717, 1.165) is 18.8 Å². The number of nitrogens with one attached hydrogen (secondary N) is 1. The van der Waals surface area contributed by atoms with E-state index < -0.39 is 0 Å². The van der Waals surface area contributed by atoms with Crippen LogP contribution in [0.3, 0.4) is 0 Å². The maximum Gasteiger partial charge on any atom is 0.119 e. The molecular weight excluding hydrogens is 294 g/mol. The second-order valence-electron chi connectivity index (χ2n) is 5.43. The second kappa shape index (κ2) is 8.62. The van der Waals surface area contributed by atoms with Gasteiger partial charge in [0.2, 0.25) is 0 Å². The van der Waals surface area contributed by atoms with E-state index >= 15 is 0 Å². The fourth-order valence-electron chi connectivity index (χ4n) is 2.54. The number of ether oxygens (including phenoxy) is 1. The van der Waals surface area contributed by atoms with Gasteiger partial charge in [0.05, 0.1) is 0 Å². The highest BCUT2D eigenvalue weighted by atomic mass is 35.5. The van der Waals surface area contributed by atoms with E-state index in [9.17, 15) is 0 Å². The summed E-state index contributed by atoms with van der Waals surface area (Å²) >= 11 is 0.